The molecular formula is C17H20O6. The van der Waals surface area contributed by atoms with E-state index in [1.54, 1.807) is 45.9 Å². The fraction of sp³-hybridized carbons (Fsp3) is 0.412. The monoisotopic (exact) mass is 320 g/mol. The predicted octanol–water partition coefficient (Wildman–Crippen LogP) is 3.25. The minimum absolute atomic E-state index is 0.129. The molecule has 6 heteroatoms. The summed E-state index contributed by atoms with van der Waals surface area (Å²) in [6.07, 6.45) is 0. The molecule has 0 unspecified atom stereocenters. The van der Waals surface area contributed by atoms with E-state index in [1.807, 2.05) is 0 Å². The molecule has 1 aromatic carbocycles. The normalized spacial score (nSPS) is 11.3. The third-order valence-corrected chi connectivity index (χ3v) is 3.07. The van der Waals surface area contributed by atoms with Gasteiger partial charge in [-0.05, 0) is 39.8 Å². The summed E-state index contributed by atoms with van der Waals surface area (Å²) < 4.78 is 21.0. The maximum Gasteiger partial charge on any atom is 0.375 e. The van der Waals surface area contributed by atoms with Gasteiger partial charge in [0.05, 0.1) is 12.5 Å². The highest BCUT2D eigenvalue weighted by molar-refractivity contribution is 5.98. The van der Waals surface area contributed by atoms with Gasteiger partial charge in [0.15, 0.2) is 6.61 Å². The van der Waals surface area contributed by atoms with Crippen LogP contribution in [0.5, 0.6) is 5.75 Å². The molecule has 1 heterocycles. The number of esters is 2. The second-order valence-corrected chi connectivity index (χ2v) is 6.05. The Balaban J connectivity index is 2.38. The van der Waals surface area contributed by atoms with E-state index in [0.717, 1.165) is 0 Å². The Morgan fingerprint density at radius 1 is 1.22 bits per heavy atom. The van der Waals surface area contributed by atoms with Crippen LogP contribution < -0.4 is 4.74 Å². The Kier molecular flexibility index (Phi) is 4.63. The summed E-state index contributed by atoms with van der Waals surface area (Å²) in [5.41, 5.74) is 0.479. The first-order chi connectivity index (χ1) is 10.7. The fourth-order valence-electron chi connectivity index (χ4n) is 2.10. The van der Waals surface area contributed by atoms with E-state index in [2.05, 4.69) is 4.74 Å². The van der Waals surface area contributed by atoms with Crippen molar-refractivity contribution < 1.29 is 28.2 Å². The number of hydrogen-bond acceptors (Lipinski definition) is 6. The van der Waals surface area contributed by atoms with Crippen molar-refractivity contribution in [3.63, 3.8) is 0 Å². The molecular weight excluding hydrogens is 300 g/mol. The molecule has 2 aromatic rings. The molecule has 1 aromatic heterocycles. The van der Waals surface area contributed by atoms with Gasteiger partial charge >= 0.3 is 11.9 Å². The van der Waals surface area contributed by atoms with Gasteiger partial charge in [0.1, 0.15) is 16.9 Å². The van der Waals surface area contributed by atoms with Crippen LogP contribution in [-0.2, 0) is 14.3 Å². The molecule has 124 valence electrons. The van der Waals surface area contributed by atoms with Gasteiger partial charge in [0.25, 0.3) is 0 Å². The zero-order valence-electron chi connectivity index (χ0n) is 13.9. The molecule has 0 radical (unpaired) electrons. The van der Waals surface area contributed by atoms with Crippen LogP contribution in [0.2, 0.25) is 0 Å². The number of benzene rings is 1. The van der Waals surface area contributed by atoms with Gasteiger partial charge in [0, 0.05) is 5.56 Å². The molecule has 0 spiro atoms. The summed E-state index contributed by atoms with van der Waals surface area (Å²) >= 11 is 0. The molecule has 0 aliphatic rings. The highest BCUT2D eigenvalue weighted by Gasteiger charge is 2.25. The first-order valence-corrected chi connectivity index (χ1v) is 7.18. The summed E-state index contributed by atoms with van der Waals surface area (Å²) in [6, 6.07) is 5.14. The largest absolute Gasteiger partial charge is 0.481 e. The quantitative estimate of drug-likeness (QED) is 0.805. The van der Waals surface area contributed by atoms with Crippen molar-refractivity contribution in [2.45, 2.75) is 33.3 Å². The van der Waals surface area contributed by atoms with Crippen LogP contribution in [0.15, 0.2) is 22.6 Å². The maximum absolute atomic E-state index is 12.2. The average Bonchev–Trinajstić information content (AvgIpc) is 2.81. The van der Waals surface area contributed by atoms with Crippen LogP contribution in [0.4, 0.5) is 0 Å². The highest BCUT2D eigenvalue weighted by atomic mass is 16.6. The van der Waals surface area contributed by atoms with Crippen molar-refractivity contribution in [3.8, 4) is 5.75 Å². The van der Waals surface area contributed by atoms with Crippen molar-refractivity contribution in [2.24, 2.45) is 0 Å². The van der Waals surface area contributed by atoms with E-state index in [4.69, 9.17) is 13.9 Å². The number of carbonyl (C=O) groups is 2. The zero-order chi connectivity index (χ0) is 17.2. The molecule has 0 saturated carbocycles. The maximum atomic E-state index is 12.2. The van der Waals surface area contributed by atoms with Crippen molar-refractivity contribution in [1.29, 1.82) is 0 Å². The Bertz CT molecular complexity index is 735. The van der Waals surface area contributed by atoms with Crippen LogP contribution >= 0.6 is 0 Å². The van der Waals surface area contributed by atoms with E-state index in [1.165, 1.54) is 7.11 Å². The van der Waals surface area contributed by atoms with Crippen LogP contribution in [0.25, 0.3) is 11.0 Å². The lowest BCUT2D eigenvalue weighted by Crippen LogP contribution is -2.24. The van der Waals surface area contributed by atoms with E-state index in [9.17, 15) is 9.59 Å². The number of ether oxygens (including phenoxy) is 3. The predicted molar refractivity (Wildman–Crippen MR) is 83.6 cm³/mol. The number of fused-ring (bicyclic) bond motifs is 1. The molecule has 6 nitrogen and oxygen atoms in total. The van der Waals surface area contributed by atoms with Gasteiger partial charge < -0.3 is 18.6 Å². The summed E-state index contributed by atoms with van der Waals surface area (Å²) in [7, 11) is 1.29. The zero-order valence-corrected chi connectivity index (χ0v) is 13.9. The molecule has 0 saturated heterocycles. The number of furan rings is 1. The second kappa shape index (κ2) is 6.32. The van der Waals surface area contributed by atoms with Gasteiger partial charge in [0.2, 0.25) is 5.76 Å². The van der Waals surface area contributed by atoms with Crippen molar-refractivity contribution in [2.75, 3.05) is 13.7 Å². The topological polar surface area (TPSA) is 75.0 Å². The van der Waals surface area contributed by atoms with Crippen molar-refractivity contribution in [3.05, 3.63) is 29.5 Å². The van der Waals surface area contributed by atoms with E-state index in [-0.39, 0.29) is 12.4 Å². The van der Waals surface area contributed by atoms with Gasteiger partial charge in [-0.25, -0.2) is 9.59 Å². The van der Waals surface area contributed by atoms with E-state index in [0.29, 0.717) is 22.3 Å². The number of carbonyl (C=O) groups excluding carboxylic acids is 2. The number of hydrogen-bond donors (Lipinski definition) is 0. The summed E-state index contributed by atoms with van der Waals surface area (Å²) in [5.74, 6) is -0.450. The first-order valence-electron chi connectivity index (χ1n) is 7.18. The summed E-state index contributed by atoms with van der Waals surface area (Å²) in [5, 5.41) is 0.636. The smallest absolute Gasteiger partial charge is 0.375 e. The first kappa shape index (κ1) is 16.9. The molecule has 0 aliphatic carbocycles. The Labute approximate surface area is 134 Å². The number of rotatable bonds is 4. The summed E-state index contributed by atoms with van der Waals surface area (Å²) in [6.45, 7) is 6.88. The van der Waals surface area contributed by atoms with E-state index >= 15 is 0 Å². The van der Waals surface area contributed by atoms with Crippen LogP contribution in [-0.4, -0.2) is 31.3 Å². The van der Waals surface area contributed by atoms with Crippen molar-refractivity contribution >= 4 is 22.9 Å². The fourth-order valence-corrected chi connectivity index (χ4v) is 2.10. The average molecular weight is 320 g/mol. The van der Waals surface area contributed by atoms with Gasteiger partial charge in [-0.2, -0.15) is 0 Å². The SMILES string of the molecule is COC(=O)COc1cccc2oc(C(=O)OC(C)(C)C)c(C)c12. The molecule has 0 fully saturated rings. The van der Waals surface area contributed by atoms with Gasteiger partial charge in [-0.15, -0.1) is 0 Å². The molecule has 0 atom stereocenters. The van der Waals surface area contributed by atoms with Crippen LogP contribution in [0.3, 0.4) is 0 Å². The third-order valence-electron chi connectivity index (χ3n) is 3.07. The second-order valence-electron chi connectivity index (χ2n) is 6.05. The van der Waals surface area contributed by atoms with Gasteiger partial charge in [-0.1, -0.05) is 6.07 Å². The lowest BCUT2D eigenvalue weighted by Gasteiger charge is -2.18. The Morgan fingerprint density at radius 3 is 2.52 bits per heavy atom. The molecule has 2 rings (SSSR count). The highest BCUT2D eigenvalue weighted by Crippen LogP contribution is 2.34. The van der Waals surface area contributed by atoms with Gasteiger partial charge in [-0.3, -0.25) is 0 Å². The number of methoxy groups -OCH3 is 1. The van der Waals surface area contributed by atoms with E-state index < -0.39 is 17.5 Å². The molecule has 0 amide bonds. The summed E-state index contributed by atoms with van der Waals surface area (Å²) in [4.78, 5) is 23.5. The molecule has 0 aliphatic heterocycles. The minimum Gasteiger partial charge on any atom is -0.481 e. The molecule has 23 heavy (non-hydrogen) atoms. The standard InChI is InChI=1S/C17H20O6/c1-10-14-11(21-9-13(18)20-5)7-6-8-12(14)22-15(10)16(19)23-17(2,3)4/h6-8H,9H2,1-5H3. The number of aryl methyl sites for hydroxylation is 1. The van der Waals surface area contributed by atoms with Crippen LogP contribution in [0, 0.1) is 6.92 Å². The minimum atomic E-state index is -0.618. The third kappa shape index (κ3) is 3.83. The lowest BCUT2D eigenvalue weighted by molar-refractivity contribution is -0.142. The Morgan fingerprint density at radius 2 is 1.91 bits per heavy atom. The molecule has 0 N–H and O–H groups in total. The Hall–Kier alpha value is -2.50. The van der Waals surface area contributed by atoms with Crippen LogP contribution in [0.1, 0.15) is 36.9 Å². The lowest BCUT2D eigenvalue weighted by atomic mass is 10.1. The van der Waals surface area contributed by atoms with Crippen molar-refractivity contribution in [1.82, 2.24) is 0 Å². The molecule has 0 bridgehead atoms.